The highest BCUT2D eigenvalue weighted by Crippen LogP contribution is 2.27. The Hall–Kier alpha value is -0.760. The second kappa shape index (κ2) is 8.08. The van der Waals surface area contributed by atoms with Crippen molar-refractivity contribution >= 4 is 21.8 Å². The van der Waals surface area contributed by atoms with Crippen LogP contribution in [0.15, 0.2) is 29.2 Å². The quantitative estimate of drug-likeness (QED) is 0.832. The summed E-state index contributed by atoms with van der Waals surface area (Å²) in [5.41, 5.74) is 0. The molecule has 2 aliphatic rings. The summed E-state index contributed by atoms with van der Waals surface area (Å²) >= 11 is 2.05. The fourth-order valence-electron chi connectivity index (χ4n) is 3.40. The molecule has 1 aromatic carbocycles. The molecule has 1 aromatic rings. The van der Waals surface area contributed by atoms with Gasteiger partial charge in [0.05, 0.1) is 12.0 Å². The lowest BCUT2D eigenvalue weighted by atomic mass is 9.96. The van der Waals surface area contributed by atoms with Crippen molar-refractivity contribution in [2.45, 2.75) is 30.2 Å². The molecule has 7 heteroatoms. The normalized spacial score (nSPS) is 23.5. The van der Waals surface area contributed by atoms with Gasteiger partial charge in [-0.05, 0) is 68.3 Å². The summed E-state index contributed by atoms with van der Waals surface area (Å²) in [6, 6.07) is 7.26. The van der Waals surface area contributed by atoms with Crippen LogP contribution in [0.4, 0.5) is 0 Å². The van der Waals surface area contributed by atoms with Crippen LogP contribution in [0.2, 0.25) is 0 Å². The molecule has 1 unspecified atom stereocenters. The van der Waals surface area contributed by atoms with E-state index in [9.17, 15) is 8.42 Å². The molecule has 5 nitrogen and oxygen atoms in total. The first-order chi connectivity index (χ1) is 11.6. The standard InChI is InChI=1S/C17H26N2O3S2/c1-22-16-2-4-17(5-3-16)24(20,21)18-12-14-6-9-19(10-7-14)15-8-11-23-13-15/h2-5,14-15,18H,6-13H2,1H3. The van der Waals surface area contributed by atoms with Crippen molar-refractivity contribution in [2.24, 2.45) is 5.92 Å². The van der Waals surface area contributed by atoms with E-state index in [0.717, 1.165) is 32.0 Å². The minimum Gasteiger partial charge on any atom is -0.497 e. The third-order valence-electron chi connectivity index (χ3n) is 5.00. The van der Waals surface area contributed by atoms with Gasteiger partial charge in [0, 0.05) is 18.3 Å². The lowest BCUT2D eigenvalue weighted by molar-refractivity contribution is 0.145. The van der Waals surface area contributed by atoms with Gasteiger partial charge in [-0.25, -0.2) is 13.1 Å². The topological polar surface area (TPSA) is 58.6 Å². The van der Waals surface area contributed by atoms with Gasteiger partial charge in [-0.15, -0.1) is 0 Å². The zero-order valence-electron chi connectivity index (χ0n) is 14.1. The molecule has 1 atom stereocenters. The molecular weight excluding hydrogens is 344 g/mol. The number of rotatable bonds is 6. The summed E-state index contributed by atoms with van der Waals surface area (Å²) in [5.74, 6) is 3.64. The van der Waals surface area contributed by atoms with Crippen molar-refractivity contribution in [2.75, 3.05) is 38.2 Å². The highest BCUT2D eigenvalue weighted by Gasteiger charge is 2.28. The van der Waals surface area contributed by atoms with Gasteiger partial charge in [-0.1, -0.05) is 0 Å². The van der Waals surface area contributed by atoms with Gasteiger partial charge >= 0.3 is 0 Å². The number of ether oxygens (including phenoxy) is 1. The molecule has 0 radical (unpaired) electrons. The maximum atomic E-state index is 12.4. The predicted octanol–water partition coefficient (Wildman–Crippen LogP) is 2.19. The van der Waals surface area contributed by atoms with E-state index in [2.05, 4.69) is 9.62 Å². The molecule has 0 aliphatic carbocycles. The Morgan fingerprint density at radius 3 is 2.50 bits per heavy atom. The van der Waals surface area contributed by atoms with E-state index in [-0.39, 0.29) is 0 Å². The number of hydrogen-bond donors (Lipinski definition) is 1. The van der Waals surface area contributed by atoms with Crippen LogP contribution in [0.25, 0.3) is 0 Å². The van der Waals surface area contributed by atoms with Gasteiger partial charge in [0.25, 0.3) is 0 Å². The zero-order chi connectivity index (χ0) is 17.0. The van der Waals surface area contributed by atoms with Gasteiger partial charge < -0.3 is 4.74 Å². The number of likely N-dealkylation sites (tertiary alicyclic amines) is 1. The molecule has 0 saturated carbocycles. The minimum absolute atomic E-state index is 0.295. The molecule has 0 bridgehead atoms. The minimum atomic E-state index is -3.44. The summed E-state index contributed by atoms with van der Waals surface area (Å²) in [7, 11) is -1.87. The number of piperidine rings is 1. The average Bonchev–Trinajstić information content (AvgIpc) is 3.15. The molecule has 24 heavy (non-hydrogen) atoms. The Morgan fingerprint density at radius 2 is 1.92 bits per heavy atom. The van der Waals surface area contributed by atoms with Crippen molar-refractivity contribution in [3.8, 4) is 5.75 Å². The number of thioether (sulfide) groups is 1. The lowest BCUT2D eigenvalue weighted by Gasteiger charge is -2.35. The second-order valence-corrected chi connectivity index (χ2v) is 9.44. The van der Waals surface area contributed by atoms with Crippen LogP contribution in [-0.4, -0.2) is 57.6 Å². The van der Waals surface area contributed by atoms with Crippen LogP contribution < -0.4 is 9.46 Å². The highest BCUT2D eigenvalue weighted by atomic mass is 32.2. The average molecular weight is 371 g/mol. The maximum Gasteiger partial charge on any atom is 0.240 e. The Kier molecular flexibility index (Phi) is 6.07. The molecule has 0 aromatic heterocycles. The molecule has 2 fully saturated rings. The summed E-state index contributed by atoms with van der Waals surface area (Å²) in [6.07, 6.45) is 3.46. The van der Waals surface area contributed by atoms with Crippen molar-refractivity contribution in [3.63, 3.8) is 0 Å². The molecule has 2 saturated heterocycles. The second-order valence-electron chi connectivity index (χ2n) is 6.52. The number of nitrogens with zero attached hydrogens (tertiary/aromatic N) is 1. The van der Waals surface area contributed by atoms with E-state index in [1.807, 2.05) is 11.8 Å². The summed E-state index contributed by atoms with van der Waals surface area (Å²) in [4.78, 5) is 2.89. The maximum absolute atomic E-state index is 12.4. The molecule has 0 amide bonds. The molecule has 134 valence electrons. The van der Waals surface area contributed by atoms with Crippen LogP contribution in [-0.2, 0) is 10.0 Å². The highest BCUT2D eigenvalue weighted by molar-refractivity contribution is 7.99. The summed E-state index contributed by atoms with van der Waals surface area (Å²) in [6.45, 7) is 2.72. The smallest absolute Gasteiger partial charge is 0.240 e. The molecule has 2 heterocycles. The van der Waals surface area contributed by atoms with E-state index in [1.54, 1.807) is 31.4 Å². The summed E-state index contributed by atoms with van der Waals surface area (Å²) in [5, 5.41) is 0. The van der Waals surface area contributed by atoms with E-state index in [1.165, 1.54) is 17.9 Å². The molecule has 1 N–H and O–H groups in total. The van der Waals surface area contributed by atoms with Crippen molar-refractivity contribution < 1.29 is 13.2 Å². The fraction of sp³-hybridized carbons (Fsp3) is 0.647. The third-order valence-corrected chi connectivity index (χ3v) is 7.59. The van der Waals surface area contributed by atoms with Gasteiger partial charge in [0.2, 0.25) is 10.0 Å². The van der Waals surface area contributed by atoms with Gasteiger partial charge in [-0.3, -0.25) is 4.90 Å². The van der Waals surface area contributed by atoms with Gasteiger partial charge in [0.15, 0.2) is 0 Å². The third kappa shape index (κ3) is 4.45. The largest absolute Gasteiger partial charge is 0.497 e. The van der Waals surface area contributed by atoms with Crippen LogP contribution in [0.5, 0.6) is 5.75 Å². The molecule has 3 rings (SSSR count). The van der Waals surface area contributed by atoms with Crippen molar-refractivity contribution in [3.05, 3.63) is 24.3 Å². The van der Waals surface area contributed by atoms with Gasteiger partial charge in [0.1, 0.15) is 5.75 Å². The van der Waals surface area contributed by atoms with Crippen LogP contribution in [0.1, 0.15) is 19.3 Å². The van der Waals surface area contributed by atoms with Crippen LogP contribution in [0, 0.1) is 5.92 Å². The number of nitrogens with one attached hydrogen (secondary N) is 1. The van der Waals surface area contributed by atoms with E-state index >= 15 is 0 Å². The number of benzene rings is 1. The van der Waals surface area contributed by atoms with E-state index < -0.39 is 10.0 Å². The first-order valence-electron chi connectivity index (χ1n) is 8.54. The first kappa shape index (κ1) is 18.0. The Bertz CT molecular complexity index is 620. The molecule has 2 aliphatic heterocycles. The van der Waals surface area contributed by atoms with E-state index in [0.29, 0.717) is 23.1 Å². The van der Waals surface area contributed by atoms with Crippen molar-refractivity contribution in [1.29, 1.82) is 0 Å². The Labute approximate surface area is 149 Å². The lowest BCUT2D eigenvalue weighted by Crippen LogP contribution is -2.43. The molecule has 0 spiro atoms. The zero-order valence-corrected chi connectivity index (χ0v) is 15.7. The number of methoxy groups -OCH3 is 1. The van der Waals surface area contributed by atoms with Gasteiger partial charge in [-0.2, -0.15) is 11.8 Å². The summed E-state index contributed by atoms with van der Waals surface area (Å²) < 4.78 is 32.6. The monoisotopic (exact) mass is 370 g/mol. The van der Waals surface area contributed by atoms with E-state index in [4.69, 9.17) is 4.74 Å². The Balaban J connectivity index is 1.48. The number of sulfonamides is 1. The molecular formula is C17H26N2O3S2. The van der Waals surface area contributed by atoms with Crippen LogP contribution >= 0.6 is 11.8 Å². The van der Waals surface area contributed by atoms with Crippen molar-refractivity contribution in [1.82, 2.24) is 9.62 Å². The Morgan fingerprint density at radius 1 is 1.21 bits per heavy atom. The number of hydrogen-bond acceptors (Lipinski definition) is 5. The van der Waals surface area contributed by atoms with Crippen LogP contribution in [0.3, 0.4) is 0 Å². The fourth-order valence-corrected chi connectivity index (χ4v) is 5.77. The predicted molar refractivity (Wildman–Crippen MR) is 98.2 cm³/mol. The first-order valence-corrected chi connectivity index (χ1v) is 11.2. The SMILES string of the molecule is COc1ccc(S(=O)(=O)NCC2CCN(C3CCSC3)CC2)cc1.